The number of hydrogen-bond donors (Lipinski definition) is 1. The van der Waals surface area contributed by atoms with Gasteiger partial charge in [-0.15, -0.1) is 11.3 Å². The summed E-state index contributed by atoms with van der Waals surface area (Å²) in [6.45, 7) is 12.1. The highest BCUT2D eigenvalue weighted by Crippen LogP contribution is 2.29. The number of carbonyl (C=O) groups is 3. The molecule has 0 aliphatic carbocycles. The van der Waals surface area contributed by atoms with Crippen molar-refractivity contribution in [3.63, 3.8) is 0 Å². The van der Waals surface area contributed by atoms with E-state index in [1.54, 1.807) is 17.9 Å². The van der Waals surface area contributed by atoms with Crippen molar-refractivity contribution in [2.75, 3.05) is 57.7 Å². The lowest BCUT2D eigenvalue weighted by molar-refractivity contribution is -0.117. The van der Waals surface area contributed by atoms with Gasteiger partial charge in [-0.2, -0.15) is 0 Å². The first-order chi connectivity index (χ1) is 13.9. The van der Waals surface area contributed by atoms with E-state index < -0.39 is 5.97 Å². The van der Waals surface area contributed by atoms with E-state index >= 15 is 0 Å². The van der Waals surface area contributed by atoms with E-state index in [1.165, 1.54) is 11.3 Å². The molecule has 162 valence electrons. The molecule has 1 aromatic heterocycles. The Kier molecular flexibility index (Phi) is 8.91. The van der Waals surface area contributed by atoms with Gasteiger partial charge in [0.15, 0.2) is 0 Å². The van der Waals surface area contributed by atoms with E-state index in [2.05, 4.69) is 5.32 Å². The summed E-state index contributed by atoms with van der Waals surface area (Å²) in [4.78, 5) is 43.8. The molecule has 2 heterocycles. The molecule has 0 unspecified atom stereocenters. The quantitative estimate of drug-likeness (QED) is 0.649. The molecule has 0 radical (unpaired) electrons. The van der Waals surface area contributed by atoms with Crippen LogP contribution in [0.5, 0.6) is 0 Å². The van der Waals surface area contributed by atoms with Crippen LogP contribution in [0, 0.1) is 0 Å². The maximum Gasteiger partial charge on any atom is 0.341 e. The average molecular weight is 425 g/mol. The van der Waals surface area contributed by atoms with Crippen LogP contribution in [0.25, 0.3) is 0 Å². The first kappa shape index (κ1) is 23.2. The van der Waals surface area contributed by atoms with Gasteiger partial charge in [0.05, 0.1) is 18.7 Å². The smallest absolute Gasteiger partial charge is 0.341 e. The molecule has 0 atom stereocenters. The van der Waals surface area contributed by atoms with Gasteiger partial charge in [0.2, 0.25) is 5.91 Å². The molecule has 1 aliphatic rings. The number of urea groups is 1. The largest absolute Gasteiger partial charge is 0.462 e. The zero-order chi connectivity index (χ0) is 21.4. The monoisotopic (exact) mass is 424 g/mol. The number of esters is 1. The minimum atomic E-state index is -0.415. The molecular weight excluding hydrogens is 392 g/mol. The van der Waals surface area contributed by atoms with E-state index in [1.807, 2.05) is 30.6 Å². The summed E-state index contributed by atoms with van der Waals surface area (Å²) in [6, 6.07) is 1.85. The van der Waals surface area contributed by atoms with Crippen LogP contribution in [0.4, 0.5) is 9.80 Å². The van der Waals surface area contributed by atoms with Crippen molar-refractivity contribution in [1.29, 1.82) is 0 Å². The van der Waals surface area contributed by atoms with Gasteiger partial charge in [-0.3, -0.25) is 9.69 Å². The number of hydrogen-bond acceptors (Lipinski definition) is 6. The number of aryl methyl sites for hydroxylation is 1. The van der Waals surface area contributed by atoms with Crippen molar-refractivity contribution in [2.24, 2.45) is 0 Å². The third kappa shape index (κ3) is 6.17. The number of rotatable bonds is 8. The number of nitrogens with zero attached hydrogens (tertiary/aromatic N) is 3. The van der Waals surface area contributed by atoms with E-state index in [0.717, 1.165) is 11.3 Å². The van der Waals surface area contributed by atoms with Crippen molar-refractivity contribution >= 4 is 34.2 Å². The van der Waals surface area contributed by atoms with Gasteiger partial charge in [0.25, 0.3) is 0 Å². The maximum absolute atomic E-state index is 12.5. The van der Waals surface area contributed by atoms with E-state index in [4.69, 9.17) is 4.74 Å². The molecule has 9 heteroatoms. The number of thiophene rings is 1. The molecular formula is C20H32N4O4S. The predicted octanol–water partition coefficient (Wildman–Crippen LogP) is 2.51. The molecule has 1 fully saturated rings. The van der Waals surface area contributed by atoms with Crippen LogP contribution in [0.3, 0.4) is 0 Å². The fourth-order valence-corrected chi connectivity index (χ4v) is 4.23. The zero-order valence-electron chi connectivity index (χ0n) is 17.8. The number of piperazine rings is 1. The molecule has 0 bridgehead atoms. The zero-order valence-corrected chi connectivity index (χ0v) is 18.6. The highest BCUT2D eigenvalue weighted by Gasteiger charge is 2.25. The van der Waals surface area contributed by atoms with Crippen molar-refractivity contribution in [3.8, 4) is 0 Å². The van der Waals surface area contributed by atoms with E-state index in [9.17, 15) is 14.4 Å². The number of nitrogens with one attached hydrogen (secondary N) is 1. The molecule has 2 rings (SSSR count). The Bertz CT molecular complexity index is 709. The Morgan fingerprint density at radius 2 is 1.76 bits per heavy atom. The molecule has 3 amide bonds. The highest BCUT2D eigenvalue weighted by atomic mass is 32.1. The lowest BCUT2D eigenvalue weighted by Gasteiger charge is -2.36. The summed E-state index contributed by atoms with van der Waals surface area (Å²) in [7, 11) is 0. The van der Waals surface area contributed by atoms with Crippen LogP contribution in [0.2, 0.25) is 0 Å². The molecule has 8 nitrogen and oxygen atoms in total. The summed E-state index contributed by atoms with van der Waals surface area (Å²) < 4.78 is 5.09. The number of amides is 3. The van der Waals surface area contributed by atoms with Gasteiger partial charge in [0.1, 0.15) is 5.00 Å². The molecule has 0 spiro atoms. The maximum atomic E-state index is 12.5. The first-order valence-electron chi connectivity index (χ1n) is 10.3. The predicted molar refractivity (Wildman–Crippen MR) is 115 cm³/mol. The van der Waals surface area contributed by atoms with Crippen LogP contribution in [0.1, 0.15) is 42.9 Å². The van der Waals surface area contributed by atoms with Crippen molar-refractivity contribution in [3.05, 3.63) is 16.5 Å². The van der Waals surface area contributed by atoms with Crippen molar-refractivity contribution in [2.45, 2.75) is 34.1 Å². The number of anilines is 1. The molecule has 1 N–H and O–H groups in total. The summed E-state index contributed by atoms with van der Waals surface area (Å²) in [5.41, 5.74) is 0.414. The standard InChI is InChI=1S/C20H32N4O4S/c1-5-15-13-16(19(26)28-8-4)18(29-15)21-17(25)14-22-9-11-24(12-10-22)20(27)23(6-2)7-3/h13H,5-12,14H2,1-4H3,(H,21,25). The Labute approximate surface area is 176 Å². The summed E-state index contributed by atoms with van der Waals surface area (Å²) in [5.74, 6) is -0.578. The first-order valence-corrected chi connectivity index (χ1v) is 11.1. The van der Waals surface area contributed by atoms with Gasteiger partial charge >= 0.3 is 12.0 Å². The van der Waals surface area contributed by atoms with Crippen LogP contribution in [0.15, 0.2) is 6.07 Å². The van der Waals surface area contributed by atoms with Crippen LogP contribution < -0.4 is 5.32 Å². The number of ether oxygens (including phenoxy) is 1. The normalized spacial score (nSPS) is 14.6. The molecule has 0 saturated carbocycles. The summed E-state index contributed by atoms with van der Waals surface area (Å²) in [6.07, 6.45) is 0.787. The van der Waals surface area contributed by atoms with Crippen LogP contribution in [-0.2, 0) is 16.0 Å². The lowest BCUT2D eigenvalue weighted by atomic mass is 10.2. The third-order valence-corrected chi connectivity index (χ3v) is 6.12. The van der Waals surface area contributed by atoms with Gasteiger partial charge in [0, 0.05) is 44.1 Å². The van der Waals surface area contributed by atoms with Crippen molar-refractivity contribution < 1.29 is 19.1 Å². The van der Waals surface area contributed by atoms with Gasteiger partial charge < -0.3 is 19.9 Å². The Hall–Kier alpha value is -2.13. The Morgan fingerprint density at radius 1 is 1.10 bits per heavy atom. The number of carbonyl (C=O) groups excluding carboxylic acids is 3. The van der Waals surface area contributed by atoms with Crippen LogP contribution in [-0.4, -0.2) is 85.0 Å². The third-order valence-electron chi connectivity index (χ3n) is 4.92. The minimum Gasteiger partial charge on any atom is -0.462 e. The summed E-state index contributed by atoms with van der Waals surface area (Å²) >= 11 is 1.41. The molecule has 1 aliphatic heterocycles. The van der Waals surface area contributed by atoms with Crippen molar-refractivity contribution in [1.82, 2.24) is 14.7 Å². The average Bonchev–Trinajstić information content (AvgIpc) is 3.12. The van der Waals surface area contributed by atoms with Gasteiger partial charge in [-0.1, -0.05) is 6.92 Å². The SMILES string of the molecule is CCOC(=O)c1cc(CC)sc1NC(=O)CN1CCN(C(=O)N(CC)CC)CC1. The van der Waals surface area contributed by atoms with Gasteiger partial charge in [-0.25, -0.2) is 9.59 Å². The molecule has 0 aromatic carbocycles. The fraction of sp³-hybridized carbons (Fsp3) is 0.650. The lowest BCUT2D eigenvalue weighted by Crippen LogP contribution is -2.53. The fourth-order valence-electron chi connectivity index (χ4n) is 3.23. The highest BCUT2D eigenvalue weighted by molar-refractivity contribution is 7.16. The van der Waals surface area contributed by atoms with Crippen LogP contribution >= 0.6 is 11.3 Å². The van der Waals surface area contributed by atoms with E-state index in [-0.39, 0.29) is 18.5 Å². The molecule has 1 aromatic rings. The summed E-state index contributed by atoms with van der Waals surface area (Å²) in [5, 5.41) is 3.41. The minimum absolute atomic E-state index is 0.0591. The molecule has 1 saturated heterocycles. The Balaban J connectivity index is 1.90. The second-order valence-electron chi connectivity index (χ2n) is 6.80. The second kappa shape index (κ2) is 11.2. The molecule has 29 heavy (non-hydrogen) atoms. The Morgan fingerprint density at radius 3 is 2.31 bits per heavy atom. The van der Waals surface area contributed by atoms with Gasteiger partial charge in [-0.05, 0) is 33.3 Å². The van der Waals surface area contributed by atoms with E-state index in [0.29, 0.717) is 56.4 Å². The second-order valence-corrected chi connectivity index (χ2v) is 7.93. The topological polar surface area (TPSA) is 82.2 Å².